The molecule has 0 bridgehead atoms. The predicted molar refractivity (Wildman–Crippen MR) is 67.5 cm³/mol. The Morgan fingerprint density at radius 1 is 1.41 bits per heavy atom. The van der Waals surface area contributed by atoms with E-state index in [1.807, 2.05) is 23.0 Å². The third-order valence-corrected chi connectivity index (χ3v) is 2.44. The topological polar surface area (TPSA) is 53.1 Å². The maximum Gasteiger partial charge on any atom is 0.157 e. The summed E-state index contributed by atoms with van der Waals surface area (Å²) in [7, 11) is 0. The van der Waals surface area contributed by atoms with Crippen molar-refractivity contribution in [2.45, 2.75) is 13.3 Å². The number of hydrogen-bond donors (Lipinski definition) is 1. The number of hydrogen-bond acceptors (Lipinski definition) is 3. The standard InChI is InChI=1S/C13H17N3O/c1-11-4-2-5-12(8-11)16-10-13(9-15-16)17-7-3-6-14/h2,4-5,8-10H,3,6-7,14H2,1H3. The second-order valence-corrected chi connectivity index (χ2v) is 3.95. The molecular formula is C13H17N3O. The molecule has 0 atom stereocenters. The van der Waals surface area contributed by atoms with Crippen LogP contribution in [-0.4, -0.2) is 22.9 Å². The highest BCUT2D eigenvalue weighted by molar-refractivity contribution is 5.35. The molecule has 0 spiro atoms. The highest BCUT2D eigenvalue weighted by Crippen LogP contribution is 2.14. The third kappa shape index (κ3) is 3.07. The van der Waals surface area contributed by atoms with Gasteiger partial charge in [0, 0.05) is 0 Å². The highest BCUT2D eigenvalue weighted by atomic mass is 16.5. The van der Waals surface area contributed by atoms with Crippen LogP contribution in [0, 0.1) is 6.92 Å². The van der Waals surface area contributed by atoms with Crippen LogP contribution in [0.4, 0.5) is 0 Å². The molecule has 0 aliphatic rings. The SMILES string of the molecule is Cc1cccc(-n2cc(OCCCN)cn2)c1. The average molecular weight is 231 g/mol. The number of aryl methyl sites for hydroxylation is 1. The summed E-state index contributed by atoms with van der Waals surface area (Å²) in [6, 6.07) is 8.17. The molecular weight excluding hydrogens is 214 g/mol. The van der Waals surface area contributed by atoms with Crippen molar-refractivity contribution < 1.29 is 4.74 Å². The van der Waals surface area contributed by atoms with Crippen LogP contribution in [0.5, 0.6) is 5.75 Å². The van der Waals surface area contributed by atoms with Gasteiger partial charge in [0.15, 0.2) is 5.75 Å². The summed E-state index contributed by atoms with van der Waals surface area (Å²) in [5.41, 5.74) is 7.66. The Balaban J connectivity index is 2.07. The van der Waals surface area contributed by atoms with Crippen LogP contribution in [-0.2, 0) is 0 Å². The van der Waals surface area contributed by atoms with Crippen LogP contribution in [0.2, 0.25) is 0 Å². The van der Waals surface area contributed by atoms with Gasteiger partial charge in [-0.3, -0.25) is 0 Å². The lowest BCUT2D eigenvalue weighted by Crippen LogP contribution is -2.05. The van der Waals surface area contributed by atoms with Crippen LogP contribution < -0.4 is 10.5 Å². The van der Waals surface area contributed by atoms with Gasteiger partial charge in [-0.1, -0.05) is 12.1 Å². The summed E-state index contributed by atoms with van der Waals surface area (Å²) in [4.78, 5) is 0. The Kier molecular flexibility index (Phi) is 3.77. The van der Waals surface area contributed by atoms with Gasteiger partial charge < -0.3 is 10.5 Å². The Labute approximate surface area is 101 Å². The summed E-state index contributed by atoms with van der Waals surface area (Å²) >= 11 is 0. The van der Waals surface area contributed by atoms with Gasteiger partial charge in [-0.2, -0.15) is 5.10 Å². The largest absolute Gasteiger partial charge is 0.490 e. The normalized spacial score (nSPS) is 10.5. The minimum absolute atomic E-state index is 0.635. The summed E-state index contributed by atoms with van der Waals surface area (Å²) in [5, 5.41) is 4.27. The number of nitrogens with zero attached hydrogens (tertiary/aromatic N) is 2. The van der Waals surface area contributed by atoms with Crippen molar-refractivity contribution in [1.82, 2.24) is 9.78 Å². The Morgan fingerprint density at radius 2 is 2.29 bits per heavy atom. The van der Waals surface area contributed by atoms with Crippen molar-refractivity contribution in [3.63, 3.8) is 0 Å². The smallest absolute Gasteiger partial charge is 0.157 e. The first-order valence-corrected chi connectivity index (χ1v) is 5.74. The van der Waals surface area contributed by atoms with E-state index in [0.717, 1.165) is 17.9 Å². The fraction of sp³-hybridized carbons (Fsp3) is 0.308. The van der Waals surface area contributed by atoms with Gasteiger partial charge in [0.1, 0.15) is 0 Å². The minimum atomic E-state index is 0.635. The predicted octanol–water partition coefficient (Wildman–Crippen LogP) is 1.91. The lowest BCUT2D eigenvalue weighted by molar-refractivity contribution is 0.313. The molecule has 0 unspecified atom stereocenters. The molecule has 0 fully saturated rings. The van der Waals surface area contributed by atoms with Gasteiger partial charge >= 0.3 is 0 Å². The Morgan fingerprint density at radius 3 is 3.06 bits per heavy atom. The maximum atomic E-state index is 5.52. The number of ether oxygens (including phenoxy) is 1. The second kappa shape index (κ2) is 5.50. The molecule has 1 aromatic heterocycles. The van der Waals surface area contributed by atoms with Crippen molar-refractivity contribution in [1.29, 1.82) is 0 Å². The maximum absolute atomic E-state index is 5.52. The van der Waals surface area contributed by atoms with E-state index in [1.165, 1.54) is 5.56 Å². The van der Waals surface area contributed by atoms with E-state index >= 15 is 0 Å². The first-order valence-electron chi connectivity index (χ1n) is 5.74. The van der Waals surface area contributed by atoms with E-state index in [0.29, 0.717) is 13.2 Å². The molecule has 2 N–H and O–H groups in total. The molecule has 0 aliphatic carbocycles. The summed E-state index contributed by atoms with van der Waals surface area (Å²) < 4.78 is 7.33. The molecule has 4 heteroatoms. The molecule has 0 radical (unpaired) electrons. The first-order chi connectivity index (χ1) is 8.29. The van der Waals surface area contributed by atoms with Crippen molar-refractivity contribution in [2.75, 3.05) is 13.2 Å². The van der Waals surface area contributed by atoms with E-state index in [1.54, 1.807) is 6.20 Å². The molecule has 0 saturated carbocycles. The van der Waals surface area contributed by atoms with Crippen molar-refractivity contribution in [3.8, 4) is 11.4 Å². The van der Waals surface area contributed by atoms with E-state index < -0.39 is 0 Å². The molecule has 1 aromatic carbocycles. The van der Waals surface area contributed by atoms with Gasteiger partial charge in [-0.25, -0.2) is 4.68 Å². The van der Waals surface area contributed by atoms with Crippen LogP contribution in [0.15, 0.2) is 36.7 Å². The van der Waals surface area contributed by atoms with Gasteiger partial charge in [0.25, 0.3) is 0 Å². The van der Waals surface area contributed by atoms with Crippen molar-refractivity contribution >= 4 is 0 Å². The van der Waals surface area contributed by atoms with Gasteiger partial charge in [-0.15, -0.1) is 0 Å². The molecule has 0 aliphatic heterocycles. The first kappa shape index (κ1) is 11.7. The van der Waals surface area contributed by atoms with Gasteiger partial charge in [0.2, 0.25) is 0 Å². The molecule has 0 amide bonds. The fourth-order valence-corrected chi connectivity index (χ4v) is 1.57. The Bertz CT molecular complexity index is 479. The van der Waals surface area contributed by atoms with Gasteiger partial charge in [0.05, 0.1) is 24.7 Å². The third-order valence-electron chi connectivity index (χ3n) is 2.44. The lowest BCUT2D eigenvalue weighted by Gasteiger charge is -2.02. The Hall–Kier alpha value is -1.81. The zero-order valence-electron chi connectivity index (χ0n) is 9.97. The molecule has 2 aromatic rings. The van der Waals surface area contributed by atoms with Crippen LogP contribution in [0.25, 0.3) is 5.69 Å². The molecule has 17 heavy (non-hydrogen) atoms. The number of nitrogens with two attached hydrogens (primary N) is 1. The monoisotopic (exact) mass is 231 g/mol. The highest BCUT2D eigenvalue weighted by Gasteiger charge is 2.01. The molecule has 1 heterocycles. The molecule has 2 rings (SSSR count). The number of aromatic nitrogens is 2. The van der Waals surface area contributed by atoms with Gasteiger partial charge in [-0.05, 0) is 37.6 Å². The van der Waals surface area contributed by atoms with Crippen LogP contribution in [0.1, 0.15) is 12.0 Å². The summed E-state index contributed by atoms with van der Waals surface area (Å²) in [6.45, 7) is 3.34. The summed E-state index contributed by atoms with van der Waals surface area (Å²) in [6.07, 6.45) is 4.46. The lowest BCUT2D eigenvalue weighted by atomic mass is 10.2. The quantitative estimate of drug-likeness (QED) is 0.800. The van der Waals surface area contributed by atoms with Crippen molar-refractivity contribution in [3.05, 3.63) is 42.2 Å². The van der Waals surface area contributed by atoms with Crippen LogP contribution >= 0.6 is 0 Å². The zero-order valence-corrected chi connectivity index (χ0v) is 9.97. The van der Waals surface area contributed by atoms with E-state index in [-0.39, 0.29) is 0 Å². The van der Waals surface area contributed by atoms with Crippen molar-refractivity contribution in [2.24, 2.45) is 5.73 Å². The summed E-state index contributed by atoms with van der Waals surface area (Å²) in [5.74, 6) is 0.778. The molecule has 4 nitrogen and oxygen atoms in total. The fourth-order valence-electron chi connectivity index (χ4n) is 1.57. The van der Waals surface area contributed by atoms with E-state index in [4.69, 9.17) is 10.5 Å². The minimum Gasteiger partial charge on any atom is -0.490 e. The number of rotatable bonds is 5. The average Bonchev–Trinajstić information content (AvgIpc) is 2.78. The van der Waals surface area contributed by atoms with E-state index in [9.17, 15) is 0 Å². The van der Waals surface area contributed by atoms with E-state index in [2.05, 4.69) is 24.2 Å². The second-order valence-electron chi connectivity index (χ2n) is 3.95. The molecule has 90 valence electrons. The zero-order chi connectivity index (χ0) is 12.1. The van der Waals surface area contributed by atoms with Crippen LogP contribution in [0.3, 0.4) is 0 Å². The molecule has 0 saturated heterocycles. The number of benzene rings is 1.